The van der Waals surface area contributed by atoms with Crippen molar-refractivity contribution in [2.45, 2.75) is 25.3 Å². The molecule has 0 bridgehead atoms. The lowest BCUT2D eigenvalue weighted by Gasteiger charge is -2.02. The first-order valence-electron chi connectivity index (χ1n) is 3.67. The first kappa shape index (κ1) is 7.97. The molecule has 1 rings (SSSR count). The van der Waals surface area contributed by atoms with Crippen LogP contribution in [-0.2, 0) is 0 Å². The van der Waals surface area contributed by atoms with E-state index in [0.717, 1.165) is 6.42 Å². The maximum atomic E-state index is 3.40. The van der Waals surface area contributed by atoms with E-state index < -0.39 is 0 Å². The summed E-state index contributed by atoms with van der Waals surface area (Å²) in [6.07, 6.45) is 5.67. The van der Waals surface area contributed by atoms with Gasteiger partial charge in [-0.3, -0.25) is 0 Å². The second-order valence-corrected chi connectivity index (χ2v) is 3.09. The van der Waals surface area contributed by atoms with E-state index in [0.29, 0.717) is 6.04 Å². The van der Waals surface area contributed by atoms with Gasteiger partial charge in [0.25, 0.3) is 0 Å². The van der Waals surface area contributed by atoms with E-state index in [-0.39, 0.29) is 0 Å². The molecule has 2 heteroatoms. The molecule has 0 saturated carbocycles. The van der Waals surface area contributed by atoms with Gasteiger partial charge >= 0.3 is 0 Å². The predicted octanol–water partition coefficient (Wildman–Crippen LogP) is 1.45. The fourth-order valence-corrected chi connectivity index (χ4v) is 1.40. The minimum atomic E-state index is 0.680. The van der Waals surface area contributed by atoms with Gasteiger partial charge in [0.1, 0.15) is 0 Å². The fourth-order valence-electron chi connectivity index (χ4n) is 1.17. The zero-order valence-electron chi connectivity index (χ0n) is 6.31. The van der Waals surface area contributed by atoms with Crippen LogP contribution in [0.15, 0.2) is 0 Å². The third kappa shape index (κ3) is 2.64. The summed E-state index contributed by atoms with van der Waals surface area (Å²) >= 11 is 1.60. The minimum Gasteiger partial charge on any atom is -0.313 e. The summed E-state index contributed by atoms with van der Waals surface area (Å²) < 4.78 is 0. The van der Waals surface area contributed by atoms with E-state index >= 15 is 0 Å². The van der Waals surface area contributed by atoms with Gasteiger partial charge in [-0.15, -0.1) is 0 Å². The topological polar surface area (TPSA) is 12.0 Å². The Bertz CT molecular complexity index is 139. The number of thioether (sulfide) groups is 1. The summed E-state index contributed by atoms with van der Waals surface area (Å²) in [4.78, 5) is 0. The third-order valence-electron chi connectivity index (χ3n) is 1.69. The zero-order chi connectivity index (χ0) is 7.23. The molecular weight excluding hydrogens is 142 g/mol. The Morgan fingerprint density at radius 1 is 1.70 bits per heavy atom. The van der Waals surface area contributed by atoms with Crippen LogP contribution in [0.1, 0.15) is 19.3 Å². The van der Waals surface area contributed by atoms with Gasteiger partial charge in [0.15, 0.2) is 0 Å². The van der Waals surface area contributed by atoms with Crippen molar-refractivity contribution >= 4 is 11.8 Å². The van der Waals surface area contributed by atoms with Crippen LogP contribution in [0.25, 0.3) is 0 Å². The maximum Gasteiger partial charge on any atom is 0.0252 e. The standard InChI is InChI=1S/C8H13NS/c1-10-7-3-5-8-4-2-6-9-8/h8-9H,2,4-6H2,1H3. The van der Waals surface area contributed by atoms with Crippen molar-refractivity contribution in [3.63, 3.8) is 0 Å². The molecule has 0 radical (unpaired) electrons. The molecular formula is C8H13NS. The van der Waals surface area contributed by atoms with E-state index in [1.807, 2.05) is 6.26 Å². The molecule has 10 heavy (non-hydrogen) atoms. The van der Waals surface area contributed by atoms with Crippen LogP contribution in [0.2, 0.25) is 0 Å². The summed E-state index contributed by atoms with van der Waals surface area (Å²) in [6.45, 7) is 1.19. The molecule has 1 fully saturated rings. The van der Waals surface area contributed by atoms with Crippen LogP contribution >= 0.6 is 11.8 Å². The molecule has 1 aliphatic rings. The molecule has 1 atom stereocenters. The van der Waals surface area contributed by atoms with Crippen molar-refractivity contribution in [1.29, 1.82) is 0 Å². The lowest BCUT2D eigenvalue weighted by atomic mass is 10.2. The van der Waals surface area contributed by atoms with Gasteiger partial charge in [-0.25, -0.2) is 0 Å². The van der Waals surface area contributed by atoms with Gasteiger partial charge in [-0.2, -0.15) is 0 Å². The number of hydrogen-bond donors (Lipinski definition) is 1. The van der Waals surface area contributed by atoms with Gasteiger partial charge in [0.05, 0.1) is 0 Å². The second kappa shape index (κ2) is 4.65. The molecule has 0 aliphatic carbocycles. The largest absolute Gasteiger partial charge is 0.313 e. The highest BCUT2D eigenvalue weighted by Crippen LogP contribution is 2.07. The maximum absolute atomic E-state index is 3.40. The van der Waals surface area contributed by atoms with Crippen molar-refractivity contribution in [2.75, 3.05) is 12.8 Å². The molecule has 0 aromatic carbocycles. The summed E-state index contributed by atoms with van der Waals surface area (Å²) in [6, 6.07) is 0.680. The Balaban J connectivity index is 2.12. The Labute approximate surface area is 67.0 Å². The molecule has 1 N–H and O–H groups in total. The second-order valence-electron chi connectivity index (χ2n) is 2.48. The molecule has 1 heterocycles. The van der Waals surface area contributed by atoms with Crippen LogP contribution in [0.3, 0.4) is 0 Å². The first-order chi connectivity index (χ1) is 4.93. The summed E-state index contributed by atoms with van der Waals surface area (Å²) in [5.41, 5.74) is 0. The van der Waals surface area contributed by atoms with Crippen LogP contribution < -0.4 is 5.32 Å². The molecule has 56 valence electrons. The molecule has 0 aromatic rings. The van der Waals surface area contributed by atoms with Gasteiger partial charge in [-0.1, -0.05) is 17.7 Å². The molecule has 1 nitrogen and oxygen atoms in total. The monoisotopic (exact) mass is 155 g/mol. The van der Waals surface area contributed by atoms with E-state index in [2.05, 4.69) is 16.5 Å². The Morgan fingerprint density at radius 2 is 2.60 bits per heavy atom. The number of hydrogen-bond acceptors (Lipinski definition) is 2. The van der Waals surface area contributed by atoms with E-state index in [1.165, 1.54) is 19.4 Å². The molecule has 1 aliphatic heterocycles. The average molecular weight is 155 g/mol. The van der Waals surface area contributed by atoms with Gasteiger partial charge in [0, 0.05) is 12.5 Å². The lowest BCUT2D eigenvalue weighted by molar-refractivity contribution is 0.623. The van der Waals surface area contributed by atoms with Gasteiger partial charge in [0.2, 0.25) is 0 Å². The van der Waals surface area contributed by atoms with Crippen LogP contribution in [0.5, 0.6) is 0 Å². The number of rotatable bonds is 1. The molecule has 0 aromatic heterocycles. The molecule has 0 spiro atoms. The third-order valence-corrected chi connectivity index (χ3v) is 2.03. The Hall–Kier alpha value is -0.130. The minimum absolute atomic E-state index is 0.680. The lowest BCUT2D eigenvalue weighted by Crippen LogP contribution is -2.20. The SMILES string of the molecule is CSC#CCC1CCCN1. The van der Waals surface area contributed by atoms with Crippen LogP contribution in [0, 0.1) is 11.2 Å². The summed E-state index contributed by atoms with van der Waals surface area (Å²) in [7, 11) is 0. The van der Waals surface area contributed by atoms with E-state index in [1.54, 1.807) is 11.8 Å². The summed E-state index contributed by atoms with van der Waals surface area (Å²) in [5.74, 6) is 3.13. The predicted molar refractivity (Wildman–Crippen MR) is 46.9 cm³/mol. The fraction of sp³-hybridized carbons (Fsp3) is 0.750. The van der Waals surface area contributed by atoms with Crippen molar-refractivity contribution in [1.82, 2.24) is 5.32 Å². The highest BCUT2D eigenvalue weighted by atomic mass is 32.2. The van der Waals surface area contributed by atoms with Crippen molar-refractivity contribution in [3.05, 3.63) is 0 Å². The van der Waals surface area contributed by atoms with E-state index in [9.17, 15) is 0 Å². The quantitative estimate of drug-likeness (QED) is 0.575. The zero-order valence-corrected chi connectivity index (χ0v) is 7.13. The van der Waals surface area contributed by atoms with Crippen molar-refractivity contribution in [2.24, 2.45) is 0 Å². The first-order valence-corrected chi connectivity index (χ1v) is 4.90. The smallest absolute Gasteiger partial charge is 0.0252 e. The van der Waals surface area contributed by atoms with Crippen molar-refractivity contribution in [3.8, 4) is 11.2 Å². The highest BCUT2D eigenvalue weighted by molar-refractivity contribution is 8.03. The Morgan fingerprint density at radius 3 is 3.20 bits per heavy atom. The van der Waals surface area contributed by atoms with Gasteiger partial charge in [-0.05, 0) is 30.9 Å². The average Bonchev–Trinajstić information content (AvgIpc) is 2.41. The van der Waals surface area contributed by atoms with Gasteiger partial charge < -0.3 is 5.32 Å². The summed E-state index contributed by atoms with van der Waals surface area (Å²) in [5, 5.41) is 6.41. The van der Waals surface area contributed by atoms with E-state index in [4.69, 9.17) is 0 Å². The Kier molecular flexibility index (Phi) is 3.71. The van der Waals surface area contributed by atoms with Crippen molar-refractivity contribution < 1.29 is 0 Å². The molecule has 1 saturated heterocycles. The van der Waals surface area contributed by atoms with Crippen LogP contribution in [0.4, 0.5) is 0 Å². The highest BCUT2D eigenvalue weighted by Gasteiger charge is 2.11. The van der Waals surface area contributed by atoms with Crippen LogP contribution in [-0.4, -0.2) is 18.8 Å². The normalized spacial score (nSPS) is 23.9. The molecule has 1 unspecified atom stereocenters. The number of nitrogens with one attached hydrogen (secondary N) is 1. The molecule has 0 amide bonds.